The quantitative estimate of drug-likeness (QED) is 0.882. The summed E-state index contributed by atoms with van der Waals surface area (Å²) in [6.07, 6.45) is 1.37. The molecule has 0 saturated heterocycles. The molecule has 2 aromatic rings. The van der Waals surface area contributed by atoms with Crippen molar-refractivity contribution in [3.63, 3.8) is 0 Å². The van der Waals surface area contributed by atoms with E-state index in [1.807, 2.05) is 48.5 Å². The Labute approximate surface area is 164 Å². The first kappa shape index (κ1) is 18.3. The van der Waals surface area contributed by atoms with Gasteiger partial charge in [-0.1, -0.05) is 36.4 Å². The minimum atomic E-state index is -0.163. The molecule has 2 aromatic carbocycles. The molecule has 0 fully saturated rings. The summed E-state index contributed by atoms with van der Waals surface area (Å²) in [5.74, 6) is 1.21. The van der Waals surface area contributed by atoms with Crippen LogP contribution in [0.2, 0.25) is 0 Å². The van der Waals surface area contributed by atoms with Gasteiger partial charge in [0.2, 0.25) is 5.91 Å². The summed E-state index contributed by atoms with van der Waals surface area (Å²) in [6.45, 7) is 0. The number of benzene rings is 2. The maximum atomic E-state index is 13.1. The number of Topliss-reactive ketones (excluding diaryl/α,β-unsaturated/α-hetero) is 1. The third-order valence-electron chi connectivity index (χ3n) is 5.62. The highest BCUT2D eigenvalue weighted by atomic mass is 16.5. The Morgan fingerprint density at radius 1 is 0.857 bits per heavy atom. The normalized spacial score (nSPS) is 21.8. The van der Waals surface area contributed by atoms with Crippen LogP contribution in [0.3, 0.4) is 0 Å². The van der Waals surface area contributed by atoms with Gasteiger partial charge in [0, 0.05) is 30.0 Å². The zero-order valence-corrected chi connectivity index (χ0v) is 16.0. The second-order valence-corrected chi connectivity index (χ2v) is 7.25. The van der Waals surface area contributed by atoms with Crippen molar-refractivity contribution in [2.45, 2.75) is 31.1 Å². The second-order valence-electron chi connectivity index (χ2n) is 7.25. The minimum absolute atomic E-state index is 0.000814. The molecule has 0 saturated carbocycles. The van der Waals surface area contributed by atoms with Crippen molar-refractivity contribution in [3.8, 4) is 11.5 Å². The lowest BCUT2D eigenvalue weighted by atomic mass is 9.73. The highest BCUT2D eigenvalue weighted by Crippen LogP contribution is 2.43. The summed E-state index contributed by atoms with van der Waals surface area (Å²) in [7, 11) is 3.19. The smallest absolute Gasteiger partial charge is 0.225 e. The molecule has 1 aliphatic heterocycles. The fourth-order valence-electron chi connectivity index (χ4n) is 4.27. The Morgan fingerprint density at radius 2 is 1.61 bits per heavy atom. The van der Waals surface area contributed by atoms with E-state index in [4.69, 9.17) is 9.47 Å². The molecule has 1 N–H and O–H groups in total. The first-order chi connectivity index (χ1) is 13.6. The molecule has 0 aromatic heterocycles. The largest absolute Gasteiger partial charge is 0.493 e. The zero-order valence-electron chi connectivity index (χ0n) is 16.0. The number of carbonyl (C=O) groups is 2. The standard InChI is InChI=1S/C23H23NO4/c1-27-20-9-8-15(12-21(20)28-2)16-10-18-23(19(25)11-16)17(13-22(26)24-18)14-6-4-3-5-7-14/h3-9,12,16-17H,10-11,13H2,1-2H3,(H,24,26)/t16-,17+/m1/s1. The number of methoxy groups -OCH3 is 2. The van der Waals surface area contributed by atoms with Crippen LogP contribution in [0.1, 0.15) is 42.2 Å². The van der Waals surface area contributed by atoms with Gasteiger partial charge in [-0.2, -0.15) is 0 Å². The van der Waals surface area contributed by atoms with Crippen LogP contribution < -0.4 is 14.8 Å². The predicted molar refractivity (Wildman–Crippen MR) is 105 cm³/mol. The van der Waals surface area contributed by atoms with Gasteiger partial charge < -0.3 is 14.8 Å². The van der Waals surface area contributed by atoms with E-state index < -0.39 is 0 Å². The number of hydrogen-bond donors (Lipinski definition) is 1. The molecular weight excluding hydrogens is 354 g/mol. The molecule has 5 heteroatoms. The summed E-state index contributed by atoms with van der Waals surface area (Å²) in [5.41, 5.74) is 3.56. The number of hydrogen-bond acceptors (Lipinski definition) is 4. The number of ketones is 1. The molecule has 0 bridgehead atoms. The van der Waals surface area contributed by atoms with Crippen LogP contribution in [0.4, 0.5) is 0 Å². The third kappa shape index (κ3) is 3.28. The fraction of sp³-hybridized carbons (Fsp3) is 0.304. The van der Waals surface area contributed by atoms with E-state index in [2.05, 4.69) is 5.32 Å². The predicted octanol–water partition coefficient (Wildman–Crippen LogP) is 3.71. The van der Waals surface area contributed by atoms with E-state index in [9.17, 15) is 9.59 Å². The first-order valence-corrected chi connectivity index (χ1v) is 9.43. The summed E-state index contributed by atoms with van der Waals surface area (Å²) in [4.78, 5) is 25.5. The van der Waals surface area contributed by atoms with Crippen LogP contribution in [-0.4, -0.2) is 25.9 Å². The van der Waals surface area contributed by atoms with Crippen LogP contribution in [0.25, 0.3) is 0 Å². The lowest BCUT2D eigenvalue weighted by molar-refractivity contribution is -0.122. The van der Waals surface area contributed by atoms with Crippen molar-refractivity contribution in [1.82, 2.24) is 5.32 Å². The number of amides is 1. The Morgan fingerprint density at radius 3 is 2.32 bits per heavy atom. The molecule has 1 heterocycles. The molecule has 1 aliphatic carbocycles. The van der Waals surface area contributed by atoms with Crippen molar-refractivity contribution in [3.05, 3.63) is 70.9 Å². The van der Waals surface area contributed by atoms with E-state index >= 15 is 0 Å². The molecule has 1 amide bonds. The van der Waals surface area contributed by atoms with E-state index in [-0.39, 0.29) is 23.5 Å². The SMILES string of the molecule is COc1ccc([C@H]2CC(=O)C3=C(C2)NC(=O)C[C@H]3c2ccccc2)cc1OC. The van der Waals surface area contributed by atoms with E-state index in [0.717, 1.165) is 22.4 Å². The lowest BCUT2D eigenvalue weighted by Gasteiger charge is -2.34. The van der Waals surface area contributed by atoms with Crippen LogP contribution in [0.5, 0.6) is 11.5 Å². The molecule has 2 atom stereocenters. The van der Waals surface area contributed by atoms with Gasteiger partial charge >= 0.3 is 0 Å². The summed E-state index contributed by atoms with van der Waals surface area (Å²) in [6, 6.07) is 15.5. The van der Waals surface area contributed by atoms with Crippen molar-refractivity contribution >= 4 is 11.7 Å². The lowest BCUT2D eigenvalue weighted by Crippen LogP contribution is -2.38. The Balaban J connectivity index is 1.69. The average molecular weight is 377 g/mol. The van der Waals surface area contributed by atoms with Crippen molar-refractivity contribution in [2.24, 2.45) is 0 Å². The highest BCUT2D eigenvalue weighted by Gasteiger charge is 2.38. The summed E-state index contributed by atoms with van der Waals surface area (Å²) < 4.78 is 10.7. The zero-order chi connectivity index (χ0) is 19.7. The number of ether oxygens (including phenoxy) is 2. The van der Waals surface area contributed by atoms with Crippen LogP contribution in [0.15, 0.2) is 59.8 Å². The second kappa shape index (κ2) is 7.50. The van der Waals surface area contributed by atoms with Gasteiger partial charge in [0.15, 0.2) is 17.3 Å². The maximum Gasteiger partial charge on any atom is 0.225 e. The Kier molecular flexibility index (Phi) is 4.90. The molecule has 144 valence electrons. The van der Waals surface area contributed by atoms with Gasteiger partial charge in [0.25, 0.3) is 0 Å². The van der Waals surface area contributed by atoms with Gasteiger partial charge in [-0.25, -0.2) is 0 Å². The van der Waals surface area contributed by atoms with Gasteiger partial charge in [-0.05, 0) is 35.6 Å². The summed E-state index contributed by atoms with van der Waals surface area (Å²) >= 11 is 0. The number of carbonyl (C=O) groups excluding carboxylic acids is 2. The van der Waals surface area contributed by atoms with Gasteiger partial charge in [0.05, 0.1) is 14.2 Å². The van der Waals surface area contributed by atoms with E-state index in [0.29, 0.717) is 30.8 Å². The monoisotopic (exact) mass is 377 g/mol. The van der Waals surface area contributed by atoms with Gasteiger partial charge in [0.1, 0.15) is 0 Å². The summed E-state index contributed by atoms with van der Waals surface area (Å²) in [5, 5.41) is 2.96. The van der Waals surface area contributed by atoms with Crippen LogP contribution in [-0.2, 0) is 9.59 Å². The number of rotatable bonds is 4. The van der Waals surface area contributed by atoms with Crippen molar-refractivity contribution in [1.29, 1.82) is 0 Å². The van der Waals surface area contributed by atoms with Gasteiger partial charge in [-0.15, -0.1) is 0 Å². The number of nitrogens with one attached hydrogen (secondary N) is 1. The average Bonchev–Trinajstić information content (AvgIpc) is 2.72. The molecule has 2 aliphatic rings. The van der Waals surface area contributed by atoms with Crippen LogP contribution >= 0.6 is 0 Å². The third-order valence-corrected chi connectivity index (χ3v) is 5.62. The van der Waals surface area contributed by atoms with Crippen molar-refractivity contribution < 1.29 is 19.1 Å². The Hall–Kier alpha value is -3.08. The molecule has 4 rings (SSSR count). The van der Waals surface area contributed by atoms with Gasteiger partial charge in [-0.3, -0.25) is 9.59 Å². The van der Waals surface area contributed by atoms with Crippen LogP contribution in [0, 0.1) is 0 Å². The minimum Gasteiger partial charge on any atom is -0.493 e. The van der Waals surface area contributed by atoms with Crippen molar-refractivity contribution in [2.75, 3.05) is 14.2 Å². The van der Waals surface area contributed by atoms with E-state index in [1.54, 1.807) is 14.2 Å². The Bertz CT molecular complexity index is 948. The topological polar surface area (TPSA) is 64.6 Å². The molecule has 0 radical (unpaired) electrons. The van der Waals surface area contributed by atoms with E-state index in [1.165, 1.54) is 0 Å². The highest BCUT2D eigenvalue weighted by molar-refractivity contribution is 6.02. The maximum absolute atomic E-state index is 13.1. The molecule has 5 nitrogen and oxygen atoms in total. The molecule has 28 heavy (non-hydrogen) atoms. The molecule has 0 spiro atoms. The first-order valence-electron chi connectivity index (χ1n) is 9.43. The molecule has 0 unspecified atom stereocenters. The molecular formula is C23H23NO4. The fourth-order valence-corrected chi connectivity index (χ4v) is 4.27. The number of allylic oxidation sites excluding steroid dienone is 2.